The number of rotatable bonds is 4. The molecule has 0 aromatic heterocycles. The van der Waals surface area contributed by atoms with E-state index in [0.717, 1.165) is 5.92 Å². The normalized spacial score (nSPS) is 20.2. The smallest absolute Gasteiger partial charge is 0.0180 e. The summed E-state index contributed by atoms with van der Waals surface area (Å²) >= 11 is 2.11. The minimum absolute atomic E-state index is 0.622. The molecule has 0 aliphatic heterocycles. The molecule has 0 heterocycles. The third kappa shape index (κ3) is 1.81. The molecular weight excluding hydrogens is 164 g/mol. The number of hydrogen-bond donors (Lipinski definition) is 0. The van der Waals surface area contributed by atoms with E-state index in [-0.39, 0.29) is 0 Å². The van der Waals surface area contributed by atoms with Crippen LogP contribution in [-0.4, -0.2) is 11.0 Å². The summed E-state index contributed by atoms with van der Waals surface area (Å²) in [5.41, 5.74) is 0. The van der Waals surface area contributed by atoms with Gasteiger partial charge in [0.15, 0.2) is 0 Å². The highest BCUT2D eigenvalue weighted by molar-refractivity contribution is 8.00. The molecule has 1 heteroatoms. The fraction of sp³-hybridized carbons (Fsp3) is 1.00. The van der Waals surface area contributed by atoms with Gasteiger partial charge in [-0.2, -0.15) is 11.8 Å². The van der Waals surface area contributed by atoms with Crippen LogP contribution in [0.4, 0.5) is 0 Å². The highest BCUT2D eigenvalue weighted by Gasteiger charge is 2.36. The summed E-state index contributed by atoms with van der Waals surface area (Å²) in [5, 5.41) is 0. The van der Waals surface area contributed by atoms with Gasteiger partial charge >= 0.3 is 0 Å². The molecule has 0 bridgehead atoms. The van der Waals surface area contributed by atoms with Crippen LogP contribution in [-0.2, 0) is 0 Å². The minimum atomic E-state index is 0.622. The monoisotopic (exact) mass is 186 g/mol. The molecule has 72 valence electrons. The first-order valence-corrected chi connectivity index (χ1v) is 6.56. The lowest BCUT2D eigenvalue weighted by Gasteiger charge is -2.36. The average Bonchev–Trinajstić information content (AvgIpc) is 2.62. The second kappa shape index (κ2) is 4.55. The third-order valence-corrected chi connectivity index (χ3v) is 5.43. The topological polar surface area (TPSA) is 0 Å². The van der Waals surface area contributed by atoms with Gasteiger partial charge in [0.2, 0.25) is 0 Å². The van der Waals surface area contributed by atoms with E-state index in [2.05, 4.69) is 31.9 Å². The summed E-state index contributed by atoms with van der Waals surface area (Å²) in [5.74, 6) is 1.02. The largest absolute Gasteiger partial charge is 0.158 e. The van der Waals surface area contributed by atoms with Gasteiger partial charge < -0.3 is 0 Å². The van der Waals surface area contributed by atoms with Crippen molar-refractivity contribution < 1.29 is 0 Å². The van der Waals surface area contributed by atoms with Crippen molar-refractivity contribution in [2.24, 2.45) is 5.92 Å². The minimum Gasteiger partial charge on any atom is -0.158 e. The lowest BCUT2D eigenvalue weighted by atomic mass is 9.85. The Hall–Kier alpha value is 0.350. The van der Waals surface area contributed by atoms with Gasteiger partial charge in [-0.25, -0.2) is 0 Å². The molecule has 0 spiro atoms. The predicted octanol–water partition coefficient (Wildman–Crippen LogP) is 4.10. The molecule has 1 aliphatic rings. The van der Waals surface area contributed by atoms with Crippen molar-refractivity contribution in [3.8, 4) is 0 Å². The highest BCUT2D eigenvalue weighted by atomic mass is 32.2. The molecule has 0 N–H and O–H groups in total. The number of hydrogen-bond acceptors (Lipinski definition) is 1. The van der Waals surface area contributed by atoms with Crippen LogP contribution in [0.1, 0.15) is 52.4 Å². The van der Waals surface area contributed by atoms with Crippen molar-refractivity contribution in [2.75, 3.05) is 6.26 Å². The van der Waals surface area contributed by atoms with Gasteiger partial charge in [-0.3, -0.25) is 0 Å². The Kier molecular flexibility index (Phi) is 3.95. The average molecular weight is 186 g/mol. The van der Waals surface area contributed by atoms with Crippen molar-refractivity contribution in [1.82, 2.24) is 0 Å². The molecule has 1 fully saturated rings. The van der Waals surface area contributed by atoms with Crippen molar-refractivity contribution in [3.05, 3.63) is 0 Å². The zero-order valence-corrected chi connectivity index (χ0v) is 9.54. The van der Waals surface area contributed by atoms with E-state index in [1.54, 1.807) is 0 Å². The summed E-state index contributed by atoms with van der Waals surface area (Å²) in [6.45, 7) is 4.72. The quantitative estimate of drug-likeness (QED) is 0.637. The Bertz CT molecular complexity index is 113. The summed E-state index contributed by atoms with van der Waals surface area (Å²) in [6.07, 6.45) is 10.9. The molecule has 0 saturated heterocycles. The first-order chi connectivity index (χ1) is 5.79. The Balaban J connectivity index is 2.61. The van der Waals surface area contributed by atoms with Crippen LogP contribution in [0.15, 0.2) is 0 Å². The lowest BCUT2D eigenvalue weighted by molar-refractivity contribution is 0.363. The Morgan fingerprint density at radius 2 is 1.67 bits per heavy atom. The molecule has 0 aromatic carbocycles. The summed E-state index contributed by atoms with van der Waals surface area (Å²) < 4.78 is 0.622. The zero-order valence-electron chi connectivity index (χ0n) is 8.73. The molecule has 0 atom stereocenters. The predicted molar refractivity (Wildman–Crippen MR) is 58.8 cm³/mol. The van der Waals surface area contributed by atoms with Crippen molar-refractivity contribution in [1.29, 1.82) is 0 Å². The Morgan fingerprint density at radius 1 is 1.17 bits per heavy atom. The first kappa shape index (κ1) is 10.4. The van der Waals surface area contributed by atoms with E-state index >= 15 is 0 Å². The van der Waals surface area contributed by atoms with Gasteiger partial charge in [0.05, 0.1) is 0 Å². The van der Waals surface area contributed by atoms with E-state index in [4.69, 9.17) is 0 Å². The van der Waals surface area contributed by atoms with Gasteiger partial charge in [0, 0.05) is 4.75 Å². The summed E-state index contributed by atoms with van der Waals surface area (Å²) in [6, 6.07) is 0. The van der Waals surface area contributed by atoms with E-state index in [1.165, 1.54) is 38.5 Å². The zero-order chi connectivity index (χ0) is 9.03. The number of thioether (sulfide) groups is 1. The third-order valence-electron chi connectivity index (χ3n) is 3.70. The molecule has 0 nitrogen and oxygen atoms in total. The Morgan fingerprint density at radius 3 is 2.00 bits per heavy atom. The second-order valence-electron chi connectivity index (χ2n) is 3.96. The van der Waals surface area contributed by atoms with Gasteiger partial charge in [0.25, 0.3) is 0 Å². The maximum atomic E-state index is 2.36. The molecule has 1 aliphatic carbocycles. The van der Waals surface area contributed by atoms with Gasteiger partial charge in [-0.15, -0.1) is 0 Å². The molecule has 0 radical (unpaired) electrons. The van der Waals surface area contributed by atoms with Crippen LogP contribution in [0.2, 0.25) is 0 Å². The maximum absolute atomic E-state index is 2.36. The van der Waals surface area contributed by atoms with Gasteiger partial charge in [-0.1, -0.05) is 26.7 Å². The highest BCUT2D eigenvalue weighted by Crippen LogP contribution is 2.45. The van der Waals surface area contributed by atoms with Gasteiger partial charge in [-0.05, 0) is 37.9 Å². The molecule has 1 rings (SSSR count). The SMILES string of the molecule is CCC(CC)(SC)C1CCCC1. The van der Waals surface area contributed by atoms with E-state index in [9.17, 15) is 0 Å². The molecular formula is C11H22S. The molecule has 0 aromatic rings. The van der Waals surface area contributed by atoms with Crippen LogP contribution in [0.5, 0.6) is 0 Å². The van der Waals surface area contributed by atoms with E-state index in [0.29, 0.717) is 4.75 Å². The first-order valence-electron chi connectivity index (χ1n) is 5.34. The molecule has 12 heavy (non-hydrogen) atoms. The van der Waals surface area contributed by atoms with E-state index < -0.39 is 0 Å². The van der Waals surface area contributed by atoms with Gasteiger partial charge in [0.1, 0.15) is 0 Å². The summed E-state index contributed by atoms with van der Waals surface area (Å²) in [7, 11) is 0. The van der Waals surface area contributed by atoms with Crippen LogP contribution >= 0.6 is 11.8 Å². The van der Waals surface area contributed by atoms with Crippen molar-refractivity contribution in [2.45, 2.75) is 57.1 Å². The molecule has 1 saturated carbocycles. The van der Waals surface area contributed by atoms with Crippen LogP contribution in [0.3, 0.4) is 0 Å². The van der Waals surface area contributed by atoms with E-state index in [1.807, 2.05) is 0 Å². The Labute approximate surface area is 81.5 Å². The second-order valence-corrected chi connectivity index (χ2v) is 5.18. The van der Waals surface area contributed by atoms with Crippen LogP contribution in [0, 0.1) is 5.92 Å². The van der Waals surface area contributed by atoms with Crippen molar-refractivity contribution >= 4 is 11.8 Å². The standard InChI is InChI=1S/C11H22S/c1-4-11(5-2,12-3)10-8-6-7-9-10/h10H,4-9H2,1-3H3. The summed E-state index contributed by atoms with van der Waals surface area (Å²) in [4.78, 5) is 0. The molecule has 0 amide bonds. The van der Waals surface area contributed by atoms with Crippen LogP contribution in [0.25, 0.3) is 0 Å². The maximum Gasteiger partial charge on any atom is 0.0180 e. The fourth-order valence-corrected chi connectivity index (χ4v) is 3.88. The lowest BCUT2D eigenvalue weighted by Crippen LogP contribution is -2.31. The fourth-order valence-electron chi connectivity index (χ4n) is 2.73. The van der Waals surface area contributed by atoms with Crippen molar-refractivity contribution in [3.63, 3.8) is 0 Å². The molecule has 0 unspecified atom stereocenters. The van der Waals surface area contributed by atoms with Crippen LogP contribution < -0.4 is 0 Å².